The van der Waals surface area contributed by atoms with Crippen LogP contribution in [0.3, 0.4) is 0 Å². The van der Waals surface area contributed by atoms with E-state index in [4.69, 9.17) is 0 Å². The van der Waals surface area contributed by atoms with Gasteiger partial charge in [0.2, 0.25) is 0 Å². The molecule has 0 unspecified atom stereocenters. The SMILES string of the molecule is C=C(C)CC1CCCCC1.C=CC/C(=C\C)c1ccc(C)cc1CC. The lowest BCUT2D eigenvalue weighted by atomic mass is 9.85. The normalized spacial score (nSPS) is 15.3. The van der Waals surface area contributed by atoms with Crippen molar-refractivity contribution < 1.29 is 0 Å². The van der Waals surface area contributed by atoms with Crippen LogP contribution in [0.15, 0.2) is 49.1 Å². The first-order valence-corrected chi connectivity index (χ1v) is 10.0. The molecule has 0 bridgehead atoms. The standard InChI is InChI=1S/C15H20.C10H18/c1-5-8-13(6-2)15-10-9-12(4)11-14(15)7-3;1-9(2)8-10-6-4-3-5-7-10/h5-6,9-11H,1,7-8H2,2-4H3;10H,1,3-8H2,2H3/b13-6+;. The van der Waals surface area contributed by atoms with E-state index in [0.717, 1.165) is 18.8 Å². The van der Waals surface area contributed by atoms with E-state index in [1.165, 1.54) is 66.4 Å². The van der Waals surface area contributed by atoms with Crippen LogP contribution >= 0.6 is 0 Å². The van der Waals surface area contributed by atoms with Gasteiger partial charge in [-0.05, 0) is 62.7 Å². The molecule has 25 heavy (non-hydrogen) atoms. The summed E-state index contributed by atoms with van der Waals surface area (Å²) in [6, 6.07) is 6.69. The molecule has 0 aliphatic heterocycles. The van der Waals surface area contributed by atoms with Crippen molar-refractivity contribution in [2.75, 3.05) is 0 Å². The zero-order valence-corrected chi connectivity index (χ0v) is 17.0. The number of hydrogen-bond acceptors (Lipinski definition) is 0. The second kappa shape index (κ2) is 11.9. The molecule has 0 aromatic heterocycles. The molecule has 1 aliphatic carbocycles. The van der Waals surface area contributed by atoms with Crippen LogP contribution < -0.4 is 0 Å². The highest BCUT2D eigenvalue weighted by Crippen LogP contribution is 2.28. The lowest BCUT2D eigenvalue weighted by molar-refractivity contribution is 0.356. The minimum atomic E-state index is 0.951. The minimum Gasteiger partial charge on any atom is -0.103 e. The van der Waals surface area contributed by atoms with Crippen molar-refractivity contribution in [3.05, 3.63) is 65.8 Å². The lowest BCUT2D eigenvalue weighted by Crippen LogP contribution is -2.05. The molecule has 0 N–H and O–H groups in total. The van der Waals surface area contributed by atoms with Crippen LogP contribution in [0.4, 0.5) is 0 Å². The van der Waals surface area contributed by atoms with E-state index in [0.29, 0.717) is 0 Å². The molecule has 0 amide bonds. The molecular formula is C25H38. The second-order valence-corrected chi connectivity index (χ2v) is 7.49. The molecular weight excluding hydrogens is 300 g/mol. The second-order valence-electron chi connectivity index (χ2n) is 7.49. The van der Waals surface area contributed by atoms with Crippen LogP contribution in [0.2, 0.25) is 0 Å². The van der Waals surface area contributed by atoms with Gasteiger partial charge >= 0.3 is 0 Å². The van der Waals surface area contributed by atoms with E-state index >= 15 is 0 Å². The average molecular weight is 339 g/mol. The van der Waals surface area contributed by atoms with Gasteiger partial charge in [-0.15, -0.1) is 13.2 Å². The fourth-order valence-electron chi connectivity index (χ4n) is 3.75. The maximum absolute atomic E-state index is 3.95. The third-order valence-electron chi connectivity index (χ3n) is 5.06. The Labute approximate surface area is 156 Å². The highest BCUT2D eigenvalue weighted by Gasteiger charge is 2.12. The van der Waals surface area contributed by atoms with Gasteiger partial charge in [-0.25, -0.2) is 0 Å². The van der Waals surface area contributed by atoms with E-state index < -0.39 is 0 Å². The molecule has 2 rings (SSSR count). The Balaban J connectivity index is 0.000000271. The summed E-state index contributed by atoms with van der Waals surface area (Å²) < 4.78 is 0. The van der Waals surface area contributed by atoms with Gasteiger partial charge in [0.1, 0.15) is 0 Å². The van der Waals surface area contributed by atoms with Gasteiger partial charge in [0, 0.05) is 0 Å². The van der Waals surface area contributed by atoms with Crippen molar-refractivity contribution >= 4 is 5.57 Å². The van der Waals surface area contributed by atoms with Gasteiger partial charge < -0.3 is 0 Å². The van der Waals surface area contributed by atoms with Gasteiger partial charge in [0.15, 0.2) is 0 Å². The Hall–Kier alpha value is -1.56. The fourth-order valence-corrected chi connectivity index (χ4v) is 3.75. The van der Waals surface area contributed by atoms with Crippen LogP contribution in [-0.2, 0) is 6.42 Å². The summed E-state index contributed by atoms with van der Waals surface area (Å²) in [4.78, 5) is 0. The summed E-state index contributed by atoms with van der Waals surface area (Å²) >= 11 is 0. The van der Waals surface area contributed by atoms with Crippen molar-refractivity contribution in [3.63, 3.8) is 0 Å². The van der Waals surface area contributed by atoms with Crippen molar-refractivity contribution in [1.82, 2.24) is 0 Å². The number of hydrogen-bond donors (Lipinski definition) is 0. The Kier molecular flexibility index (Phi) is 10.2. The molecule has 1 aromatic rings. The monoisotopic (exact) mass is 338 g/mol. The van der Waals surface area contributed by atoms with E-state index in [-0.39, 0.29) is 0 Å². The maximum atomic E-state index is 3.95. The van der Waals surface area contributed by atoms with Crippen molar-refractivity contribution in [3.8, 4) is 0 Å². The van der Waals surface area contributed by atoms with Crippen molar-refractivity contribution in [2.45, 2.75) is 79.1 Å². The maximum Gasteiger partial charge on any atom is -0.00974 e. The van der Waals surface area contributed by atoms with E-state index in [1.807, 2.05) is 6.08 Å². The smallest absolute Gasteiger partial charge is 0.00974 e. The Morgan fingerprint density at radius 2 is 1.88 bits per heavy atom. The van der Waals surface area contributed by atoms with Crippen molar-refractivity contribution in [1.29, 1.82) is 0 Å². The number of allylic oxidation sites excluding steroid dienone is 4. The highest BCUT2D eigenvalue weighted by atomic mass is 14.2. The molecule has 1 aromatic carbocycles. The molecule has 1 fully saturated rings. The lowest BCUT2D eigenvalue weighted by Gasteiger charge is -2.21. The summed E-state index contributed by atoms with van der Waals surface area (Å²) in [5.74, 6) is 0.978. The minimum absolute atomic E-state index is 0.951. The van der Waals surface area contributed by atoms with Crippen LogP contribution in [0.5, 0.6) is 0 Å². The van der Waals surface area contributed by atoms with Crippen LogP contribution in [0.25, 0.3) is 5.57 Å². The molecule has 0 spiro atoms. The Morgan fingerprint density at radius 1 is 1.20 bits per heavy atom. The van der Waals surface area contributed by atoms with Gasteiger partial charge in [-0.1, -0.05) is 80.5 Å². The predicted molar refractivity (Wildman–Crippen MR) is 115 cm³/mol. The quantitative estimate of drug-likeness (QED) is 0.460. The first kappa shape index (κ1) is 21.5. The molecule has 1 saturated carbocycles. The zero-order valence-electron chi connectivity index (χ0n) is 17.0. The first-order chi connectivity index (χ1) is 12.0. The topological polar surface area (TPSA) is 0 Å². The first-order valence-electron chi connectivity index (χ1n) is 10.0. The van der Waals surface area contributed by atoms with E-state index in [9.17, 15) is 0 Å². The Bertz CT molecular complexity index is 568. The third-order valence-corrected chi connectivity index (χ3v) is 5.06. The molecule has 1 aliphatic rings. The Morgan fingerprint density at radius 3 is 2.40 bits per heavy atom. The van der Waals surface area contributed by atoms with Crippen LogP contribution in [0.1, 0.15) is 82.4 Å². The molecule has 0 nitrogen and oxygen atoms in total. The van der Waals surface area contributed by atoms with Gasteiger partial charge in [-0.2, -0.15) is 0 Å². The van der Waals surface area contributed by atoms with E-state index in [2.05, 4.69) is 65.1 Å². The van der Waals surface area contributed by atoms with Crippen LogP contribution in [0, 0.1) is 12.8 Å². The summed E-state index contributed by atoms with van der Waals surface area (Å²) in [5.41, 5.74) is 6.90. The molecule has 138 valence electrons. The third kappa shape index (κ3) is 7.90. The molecule has 0 heteroatoms. The van der Waals surface area contributed by atoms with Gasteiger partial charge in [-0.3, -0.25) is 0 Å². The summed E-state index contributed by atoms with van der Waals surface area (Å²) in [6.07, 6.45) is 14.8. The summed E-state index contributed by atoms with van der Waals surface area (Å²) in [5, 5.41) is 0. The number of benzene rings is 1. The largest absolute Gasteiger partial charge is 0.103 e. The summed E-state index contributed by atoms with van der Waals surface area (Å²) in [7, 11) is 0. The average Bonchev–Trinajstić information content (AvgIpc) is 2.61. The number of rotatable bonds is 6. The molecule has 0 saturated heterocycles. The summed E-state index contributed by atoms with van der Waals surface area (Å²) in [6.45, 7) is 16.4. The highest BCUT2D eigenvalue weighted by molar-refractivity contribution is 5.69. The fraction of sp³-hybridized carbons (Fsp3) is 0.520. The van der Waals surface area contributed by atoms with Gasteiger partial charge in [0.05, 0.1) is 0 Å². The molecule has 0 atom stereocenters. The van der Waals surface area contributed by atoms with E-state index in [1.54, 1.807) is 0 Å². The zero-order chi connectivity index (χ0) is 18.7. The number of aryl methyl sites for hydroxylation is 2. The van der Waals surface area contributed by atoms with Crippen LogP contribution in [-0.4, -0.2) is 0 Å². The molecule has 0 radical (unpaired) electrons. The molecule has 0 heterocycles. The predicted octanol–water partition coefficient (Wildman–Crippen LogP) is 8.07. The van der Waals surface area contributed by atoms with Gasteiger partial charge in [0.25, 0.3) is 0 Å². The van der Waals surface area contributed by atoms with Crippen molar-refractivity contribution in [2.24, 2.45) is 5.92 Å².